The minimum Gasteiger partial charge on any atom is -0.349 e. The Morgan fingerprint density at radius 3 is 2.53 bits per heavy atom. The van der Waals surface area contributed by atoms with Gasteiger partial charge in [-0.2, -0.15) is 0 Å². The summed E-state index contributed by atoms with van der Waals surface area (Å²) in [5, 5.41) is 8.12. The number of carbonyl (C=O) groups is 1. The van der Waals surface area contributed by atoms with Crippen LogP contribution in [-0.2, 0) is 6.54 Å². The van der Waals surface area contributed by atoms with Gasteiger partial charge in [0.2, 0.25) is 5.78 Å². The molecule has 0 radical (unpaired) electrons. The number of benzene rings is 2. The minimum atomic E-state index is -0.338. The zero-order chi connectivity index (χ0) is 25.6. The molecule has 36 heavy (non-hydrogen) atoms. The van der Waals surface area contributed by atoms with Crippen molar-refractivity contribution in [2.75, 3.05) is 0 Å². The molecule has 0 unspecified atom stereocenters. The smallest absolute Gasteiger partial charge is 0.349 e. The molecule has 0 bridgehead atoms. The number of nitrogens with zero attached hydrogens (tertiary/aromatic N) is 4. The summed E-state index contributed by atoms with van der Waals surface area (Å²) in [5.74, 6) is 0.100. The van der Waals surface area contributed by atoms with Crippen LogP contribution in [0.2, 0.25) is 0 Å². The van der Waals surface area contributed by atoms with E-state index in [0.29, 0.717) is 23.0 Å². The third-order valence-electron chi connectivity index (χ3n) is 7.27. The number of aryl methyl sites for hydroxylation is 2. The summed E-state index contributed by atoms with van der Waals surface area (Å²) in [6.45, 7) is 8.11. The van der Waals surface area contributed by atoms with Crippen molar-refractivity contribution in [3.63, 3.8) is 0 Å². The molecule has 188 valence electrons. The van der Waals surface area contributed by atoms with E-state index in [9.17, 15) is 14.4 Å². The summed E-state index contributed by atoms with van der Waals surface area (Å²) in [6, 6.07) is 11.1. The molecular formula is C28H33N5O3. The summed E-state index contributed by atoms with van der Waals surface area (Å²) in [5.41, 5.74) is 3.44. The molecular weight excluding hydrogens is 454 g/mol. The van der Waals surface area contributed by atoms with Gasteiger partial charge in [0.05, 0.1) is 17.4 Å². The Labute approximate surface area is 209 Å². The molecule has 2 aromatic carbocycles. The summed E-state index contributed by atoms with van der Waals surface area (Å²) in [4.78, 5) is 40.2. The van der Waals surface area contributed by atoms with E-state index in [2.05, 4.69) is 10.4 Å². The van der Waals surface area contributed by atoms with Crippen LogP contribution < -0.4 is 16.6 Å². The van der Waals surface area contributed by atoms with Gasteiger partial charge in [0, 0.05) is 17.6 Å². The number of amides is 1. The van der Waals surface area contributed by atoms with Crippen molar-refractivity contribution in [1.29, 1.82) is 0 Å². The fourth-order valence-corrected chi connectivity index (χ4v) is 5.24. The SMILES string of the molecule is Cc1ccc(C)c(Cn2nc3n(C(C)C)c(=O)c4ccc(C(=O)NC5CCCCC5)cc4n3c2=O)c1. The lowest BCUT2D eigenvalue weighted by Crippen LogP contribution is -2.36. The number of hydrogen-bond acceptors (Lipinski definition) is 4. The largest absolute Gasteiger partial charge is 0.352 e. The predicted molar refractivity (Wildman–Crippen MR) is 141 cm³/mol. The van der Waals surface area contributed by atoms with E-state index in [1.165, 1.54) is 15.5 Å². The number of nitrogens with one attached hydrogen (secondary N) is 1. The maximum Gasteiger partial charge on any atom is 0.352 e. The van der Waals surface area contributed by atoms with Gasteiger partial charge in [0.1, 0.15) is 0 Å². The molecule has 8 nitrogen and oxygen atoms in total. The zero-order valence-electron chi connectivity index (χ0n) is 21.4. The highest BCUT2D eigenvalue weighted by Crippen LogP contribution is 2.20. The first-order chi connectivity index (χ1) is 17.2. The molecule has 1 amide bonds. The third kappa shape index (κ3) is 4.25. The van der Waals surface area contributed by atoms with Gasteiger partial charge in [-0.15, -0.1) is 5.10 Å². The zero-order valence-corrected chi connectivity index (χ0v) is 21.4. The topological polar surface area (TPSA) is 90.4 Å². The number of aromatic nitrogens is 4. The van der Waals surface area contributed by atoms with Gasteiger partial charge in [-0.25, -0.2) is 13.9 Å². The number of carbonyl (C=O) groups excluding carboxylic acids is 1. The molecule has 1 fully saturated rings. The number of rotatable bonds is 5. The quantitative estimate of drug-likeness (QED) is 0.459. The fraction of sp³-hybridized carbons (Fsp3) is 0.429. The van der Waals surface area contributed by atoms with E-state index in [0.717, 1.165) is 42.4 Å². The summed E-state index contributed by atoms with van der Waals surface area (Å²) in [6.07, 6.45) is 5.40. The van der Waals surface area contributed by atoms with Crippen LogP contribution in [0.1, 0.15) is 79.0 Å². The molecule has 0 spiro atoms. The van der Waals surface area contributed by atoms with Crippen molar-refractivity contribution in [3.05, 3.63) is 79.5 Å². The van der Waals surface area contributed by atoms with Crippen molar-refractivity contribution in [2.45, 2.75) is 78.4 Å². The second-order valence-electron chi connectivity index (χ2n) is 10.3. The lowest BCUT2D eigenvalue weighted by molar-refractivity contribution is 0.0928. The molecule has 5 rings (SSSR count). The maximum atomic E-state index is 13.7. The van der Waals surface area contributed by atoms with Crippen LogP contribution in [0.5, 0.6) is 0 Å². The molecule has 8 heteroatoms. The van der Waals surface area contributed by atoms with Crippen molar-refractivity contribution in [2.24, 2.45) is 0 Å². The molecule has 1 aliphatic rings. The lowest BCUT2D eigenvalue weighted by atomic mass is 9.95. The first-order valence-corrected chi connectivity index (χ1v) is 12.8. The predicted octanol–water partition coefficient (Wildman–Crippen LogP) is 4.12. The molecule has 1 aliphatic carbocycles. The summed E-state index contributed by atoms with van der Waals surface area (Å²) in [7, 11) is 0. The Kier molecular flexibility index (Phi) is 6.28. The monoisotopic (exact) mass is 487 g/mol. The molecule has 1 saturated carbocycles. The van der Waals surface area contributed by atoms with E-state index in [4.69, 9.17) is 0 Å². The van der Waals surface area contributed by atoms with Gasteiger partial charge < -0.3 is 5.32 Å². The minimum absolute atomic E-state index is 0.166. The van der Waals surface area contributed by atoms with Crippen LogP contribution in [0.15, 0.2) is 46.0 Å². The Balaban J connectivity index is 1.67. The molecule has 2 heterocycles. The van der Waals surface area contributed by atoms with E-state index in [-0.39, 0.29) is 35.0 Å². The first-order valence-electron chi connectivity index (χ1n) is 12.8. The van der Waals surface area contributed by atoms with Crippen LogP contribution in [0.25, 0.3) is 16.7 Å². The van der Waals surface area contributed by atoms with E-state index >= 15 is 0 Å². The first kappa shape index (κ1) is 24.0. The second-order valence-corrected chi connectivity index (χ2v) is 10.3. The summed E-state index contributed by atoms with van der Waals surface area (Å²) >= 11 is 0. The van der Waals surface area contributed by atoms with Crippen LogP contribution in [0.4, 0.5) is 0 Å². The maximum absolute atomic E-state index is 13.7. The van der Waals surface area contributed by atoms with Gasteiger partial charge in [-0.1, -0.05) is 43.0 Å². The van der Waals surface area contributed by atoms with E-state index in [1.807, 2.05) is 45.9 Å². The Bertz CT molecular complexity index is 1590. The highest BCUT2D eigenvalue weighted by Gasteiger charge is 2.22. The van der Waals surface area contributed by atoms with Crippen LogP contribution in [0.3, 0.4) is 0 Å². The molecule has 2 aromatic heterocycles. The van der Waals surface area contributed by atoms with Gasteiger partial charge in [-0.05, 0) is 69.9 Å². The average Bonchev–Trinajstić information content (AvgIpc) is 3.17. The van der Waals surface area contributed by atoms with Crippen LogP contribution >= 0.6 is 0 Å². The van der Waals surface area contributed by atoms with Gasteiger partial charge in [0.15, 0.2) is 0 Å². The van der Waals surface area contributed by atoms with Gasteiger partial charge in [0.25, 0.3) is 11.5 Å². The molecule has 0 aliphatic heterocycles. The Morgan fingerprint density at radius 1 is 1.06 bits per heavy atom. The van der Waals surface area contributed by atoms with Crippen LogP contribution in [-0.4, -0.2) is 30.7 Å². The Hall–Kier alpha value is -3.68. The summed E-state index contributed by atoms with van der Waals surface area (Å²) < 4.78 is 4.42. The standard InChI is InChI=1S/C28H33N5O3/c1-17(2)32-26(35)23-13-12-20(25(34)29-22-8-6-5-7-9-22)15-24(23)33-27(32)30-31(28(33)36)16-21-14-18(3)10-11-19(21)4/h10-15,17,22H,5-9,16H2,1-4H3,(H,29,34). The Morgan fingerprint density at radius 2 is 1.81 bits per heavy atom. The highest BCUT2D eigenvalue weighted by atomic mass is 16.2. The number of fused-ring (bicyclic) bond motifs is 3. The number of hydrogen-bond donors (Lipinski definition) is 1. The van der Waals surface area contributed by atoms with Crippen molar-refractivity contribution >= 4 is 22.6 Å². The van der Waals surface area contributed by atoms with Crippen molar-refractivity contribution in [1.82, 2.24) is 24.1 Å². The third-order valence-corrected chi connectivity index (χ3v) is 7.27. The second kappa shape index (κ2) is 9.41. The van der Waals surface area contributed by atoms with Gasteiger partial charge in [-0.3, -0.25) is 14.2 Å². The average molecular weight is 488 g/mol. The fourth-order valence-electron chi connectivity index (χ4n) is 5.24. The normalized spacial score (nSPS) is 14.7. The molecule has 0 atom stereocenters. The molecule has 4 aromatic rings. The van der Waals surface area contributed by atoms with Crippen molar-refractivity contribution < 1.29 is 4.79 Å². The van der Waals surface area contributed by atoms with Gasteiger partial charge >= 0.3 is 5.69 Å². The molecule has 1 N–H and O–H groups in total. The van der Waals surface area contributed by atoms with Crippen molar-refractivity contribution in [3.8, 4) is 0 Å². The van der Waals surface area contributed by atoms with Crippen LogP contribution in [0, 0.1) is 13.8 Å². The highest BCUT2D eigenvalue weighted by molar-refractivity contribution is 5.98. The molecule has 0 saturated heterocycles. The van der Waals surface area contributed by atoms with E-state index in [1.54, 1.807) is 22.8 Å². The lowest BCUT2D eigenvalue weighted by Gasteiger charge is -2.22. The van der Waals surface area contributed by atoms with E-state index < -0.39 is 0 Å².